The molecule has 0 aliphatic rings. The van der Waals surface area contributed by atoms with Crippen LogP contribution in [0.1, 0.15) is 5.82 Å². The number of halogens is 1. The highest BCUT2D eigenvalue weighted by atomic mass is 127. The van der Waals surface area contributed by atoms with Crippen LogP contribution in [0, 0.1) is 3.57 Å². The smallest absolute Gasteiger partial charge is 0.266 e. The minimum Gasteiger partial charge on any atom is -0.369 e. The second kappa shape index (κ2) is 5.25. The molecule has 90 valence electrons. The van der Waals surface area contributed by atoms with Crippen LogP contribution in [0.15, 0.2) is 17.4 Å². The number of aromatic nitrogens is 5. The van der Waals surface area contributed by atoms with E-state index in [4.69, 9.17) is 0 Å². The lowest BCUT2D eigenvalue weighted by Gasteiger charge is -2.04. The molecule has 8 heteroatoms. The molecule has 17 heavy (non-hydrogen) atoms. The van der Waals surface area contributed by atoms with E-state index in [1.807, 2.05) is 29.6 Å². The number of H-pyrrole nitrogens is 1. The van der Waals surface area contributed by atoms with E-state index in [2.05, 4.69) is 25.4 Å². The topological polar surface area (TPSA) is 88.5 Å². The second-order valence-electron chi connectivity index (χ2n) is 3.41. The highest BCUT2D eigenvalue weighted by Gasteiger charge is 2.05. The van der Waals surface area contributed by atoms with Gasteiger partial charge in [-0.3, -0.25) is 9.48 Å². The number of rotatable bonds is 4. The molecule has 0 radical (unpaired) electrons. The van der Waals surface area contributed by atoms with Crippen LogP contribution >= 0.6 is 22.6 Å². The zero-order chi connectivity index (χ0) is 12.3. The van der Waals surface area contributed by atoms with Gasteiger partial charge in [-0.2, -0.15) is 5.10 Å². The maximum absolute atomic E-state index is 11.3. The van der Waals surface area contributed by atoms with Crippen LogP contribution in [0.3, 0.4) is 0 Å². The Balaban J connectivity index is 1.94. The van der Waals surface area contributed by atoms with Gasteiger partial charge >= 0.3 is 0 Å². The average Bonchev–Trinajstić information content (AvgIpc) is 2.70. The lowest BCUT2D eigenvalue weighted by atomic mass is 10.4. The maximum atomic E-state index is 11.3. The van der Waals surface area contributed by atoms with Crippen LogP contribution in [0.2, 0.25) is 0 Å². The van der Waals surface area contributed by atoms with Crippen LogP contribution in [0.25, 0.3) is 0 Å². The number of aryl methyl sites for hydroxylation is 1. The van der Waals surface area contributed by atoms with Gasteiger partial charge in [0, 0.05) is 20.0 Å². The molecule has 0 bridgehead atoms. The first kappa shape index (κ1) is 12.0. The summed E-state index contributed by atoms with van der Waals surface area (Å²) in [4.78, 5) is 22.0. The normalized spacial score (nSPS) is 10.5. The summed E-state index contributed by atoms with van der Waals surface area (Å²) < 4.78 is 2.21. The zero-order valence-electron chi connectivity index (χ0n) is 9.14. The summed E-state index contributed by atoms with van der Waals surface area (Å²) in [5, 5.41) is 7.24. The van der Waals surface area contributed by atoms with Crippen molar-refractivity contribution in [2.45, 2.75) is 6.42 Å². The maximum Gasteiger partial charge on any atom is 0.266 e. The van der Waals surface area contributed by atoms with Gasteiger partial charge in [0.05, 0.1) is 6.33 Å². The summed E-state index contributed by atoms with van der Waals surface area (Å²) in [6.45, 7) is 0.635. The van der Waals surface area contributed by atoms with Crippen molar-refractivity contribution >= 4 is 28.4 Å². The largest absolute Gasteiger partial charge is 0.369 e. The van der Waals surface area contributed by atoms with E-state index in [1.165, 1.54) is 6.33 Å². The molecule has 0 aromatic carbocycles. The van der Waals surface area contributed by atoms with Crippen LogP contribution in [0.4, 0.5) is 5.82 Å². The van der Waals surface area contributed by atoms with E-state index < -0.39 is 0 Å². The molecule has 0 aliphatic carbocycles. The summed E-state index contributed by atoms with van der Waals surface area (Å²) in [6, 6.07) is 0. The van der Waals surface area contributed by atoms with E-state index in [1.54, 1.807) is 11.0 Å². The Morgan fingerprint density at radius 1 is 1.53 bits per heavy atom. The molecule has 0 atom stereocenters. The molecule has 0 amide bonds. The van der Waals surface area contributed by atoms with E-state index >= 15 is 0 Å². The number of anilines is 1. The Kier molecular flexibility index (Phi) is 3.71. The fourth-order valence-corrected chi connectivity index (χ4v) is 1.78. The van der Waals surface area contributed by atoms with Crippen molar-refractivity contribution in [3.8, 4) is 0 Å². The van der Waals surface area contributed by atoms with Gasteiger partial charge in [-0.15, -0.1) is 0 Å². The third-order valence-electron chi connectivity index (χ3n) is 2.08. The van der Waals surface area contributed by atoms with E-state index in [0.29, 0.717) is 22.4 Å². The van der Waals surface area contributed by atoms with Gasteiger partial charge in [-0.25, -0.2) is 9.97 Å². The van der Waals surface area contributed by atoms with Crippen LogP contribution in [0.5, 0.6) is 0 Å². The molecule has 7 nitrogen and oxygen atoms in total. The molecule has 2 aromatic rings. The molecular weight excluding hydrogens is 335 g/mol. The monoisotopic (exact) mass is 346 g/mol. The third-order valence-corrected chi connectivity index (χ3v) is 3.09. The van der Waals surface area contributed by atoms with Crippen molar-refractivity contribution in [3.05, 3.63) is 32.4 Å². The van der Waals surface area contributed by atoms with Crippen molar-refractivity contribution in [2.24, 2.45) is 7.05 Å². The molecule has 2 N–H and O–H groups in total. The fourth-order valence-electron chi connectivity index (χ4n) is 1.30. The number of nitrogens with one attached hydrogen (secondary N) is 2. The minimum atomic E-state index is -0.140. The van der Waals surface area contributed by atoms with Gasteiger partial charge in [0.15, 0.2) is 5.82 Å². The zero-order valence-corrected chi connectivity index (χ0v) is 11.3. The summed E-state index contributed by atoms with van der Waals surface area (Å²) in [7, 11) is 1.82. The molecular formula is C9H11IN6O. The second-order valence-corrected chi connectivity index (χ2v) is 4.48. The van der Waals surface area contributed by atoms with Gasteiger partial charge in [0.25, 0.3) is 5.56 Å². The summed E-state index contributed by atoms with van der Waals surface area (Å²) in [5.74, 6) is 1.35. The van der Waals surface area contributed by atoms with E-state index in [-0.39, 0.29) is 5.56 Å². The van der Waals surface area contributed by atoms with Crippen molar-refractivity contribution in [1.82, 2.24) is 24.7 Å². The Bertz CT molecular complexity index is 563. The number of nitrogens with zero attached hydrogens (tertiary/aromatic N) is 4. The predicted octanol–water partition coefficient (Wildman–Crippen LogP) is 0.158. The molecule has 0 aliphatic heterocycles. The van der Waals surface area contributed by atoms with E-state index in [9.17, 15) is 4.79 Å². The van der Waals surface area contributed by atoms with Crippen molar-refractivity contribution < 1.29 is 0 Å². The van der Waals surface area contributed by atoms with Crippen LogP contribution in [-0.2, 0) is 13.5 Å². The first-order valence-electron chi connectivity index (χ1n) is 4.98. The molecule has 2 aromatic heterocycles. The van der Waals surface area contributed by atoms with Crippen molar-refractivity contribution in [1.29, 1.82) is 0 Å². The van der Waals surface area contributed by atoms with Gasteiger partial charge in [0.2, 0.25) is 0 Å². The van der Waals surface area contributed by atoms with Gasteiger partial charge in [-0.05, 0) is 22.6 Å². The fraction of sp³-hybridized carbons (Fsp3) is 0.333. The minimum absolute atomic E-state index is 0.140. The third kappa shape index (κ3) is 3.02. The lowest BCUT2D eigenvalue weighted by molar-refractivity contribution is 0.741. The van der Waals surface area contributed by atoms with Crippen LogP contribution < -0.4 is 10.9 Å². The summed E-state index contributed by atoms with van der Waals surface area (Å²) >= 11 is 1.96. The average molecular weight is 346 g/mol. The summed E-state index contributed by atoms with van der Waals surface area (Å²) in [6.07, 6.45) is 3.72. The van der Waals surface area contributed by atoms with Gasteiger partial charge in [-0.1, -0.05) is 0 Å². The Morgan fingerprint density at radius 3 is 3.06 bits per heavy atom. The quantitative estimate of drug-likeness (QED) is 0.770. The highest BCUT2D eigenvalue weighted by molar-refractivity contribution is 14.1. The van der Waals surface area contributed by atoms with Gasteiger partial charge in [0.1, 0.15) is 15.7 Å². The molecule has 0 spiro atoms. The molecule has 2 rings (SSSR count). The standard InChI is InChI=1S/C9H11IN6O/c1-16-5-14-6(15-16)2-3-11-8-7(10)9(17)13-4-12-8/h4-5H,2-3H2,1H3,(H2,11,12,13,17). The van der Waals surface area contributed by atoms with Crippen molar-refractivity contribution in [3.63, 3.8) is 0 Å². The van der Waals surface area contributed by atoms with Gasteiger partial charge < -0.3 is 10.3 Å². The Hall–Kier alpha value is -1.45. The number of aromatic amines is 1. The molecule has 2 heterocycles. The Labute approximate surface area is 111 Å². The SMILES string of the molecule is Cn1cnc(CCNc2nc[nH]c(=O)c2I)n1. The Morgan fingerprint density at radius 2 is 2.35 bits per heavy atom. The predicted molar refractivity (Wildman–Crippen MR) is 70.8 cm³/mol. The van der Waals surface area contributed by atoms with E-state index in [0.717, 1.165) is 5.82 Å². The molecule has 0 saturated heterocycles. The first-order valence-corrected chi connectivity index (χ1v) is 6.06. The lowest BCUT2D eigenvalue weighted by Crippen LogP contribution is -2.16. The number of hydrogen-bond donors (Lipinski definition) is 2. The molecule has 0 fully saturated rings. The number of hydrogen-bond acceptors (Lipinski definition) is 5. The van der Waals surface area contributed by atoms with Crippen LogP contribution in [-0.4, -0.2) is 31.3 Å². The highest BCUT2D eigenvalue weighted by Crippen LogP contribution is 2.08. The molecule has 0 unspecified atom stereocenters. The first-order chi connectivity index (χ1) is 8.16. The van der Waals surface area contributed by atoms with Crippen molar-refractivity contribution in [2.75, 3.05) is 11.9 Å². The molecule has 0 saturated carbocycles. The summed E-state index contributed by atoms with van der Waals surface area (Å²) in [5.41, 5.74) is -0.140.